The van der Waals surface area contributed by atoms with Gasteiger partial charge in [0.25, 0.3) is 5.91 Å². The monoisotopic (exact) mass is 320 g/mol. The van der Waals surface area contributed by atoms with Crippen LogP contribution in [-0.4, -0.2) is 20.7 Å². The molecule has 0 saturated carbocycles. The number of amides is 1. The van der Waals surface area contributed by atoms with Gasteiger partial charge in [0.2, 0.25) is 0 Å². The van der Waals surface area contributed by atoms with Gasteiger partial charge in [0.1, 0.15) is 17.5 Å². The second-order valence-corrected chi connectivity index (χ2v) is 5.76. The third-order valence-electron chi connectivity index (χ3n) is 4.05. The second-order valence-electron chi connectivity index (χ2n) is 5.76. The van der Waals surface area contributed by atoms with Crippen molar-refractivity contribution >= 4 is 5.91 Å². The van der Waals surface area contributed by atoms with E-state index in [1.807, 2.05) is 4.57 Å². The van der Waals surface area contributed by atoms with Crippen molar-refractivity contribution in [3.8, 4) is 0 Å². The number of carbonyl (C=O) groups excluding carboxylic acids is 1. The van der Waals surface area contributed by atoms with Gasteiger partial charge in [0.05, 0.1) is 11.6 Å². The Labute approximate surface area is 132 Å². The molecule has 2 aromatic rings. The number of carbonyl (C=O) groups is 1. The minimum absolute atomic E-state index is 0.313. The van der Waals surface area contributed by atoms with Crippen LogP contribution in [0.1, 0.15) is 54.2 Å². The van der Waals surface area contributed by atoms with Crippen LogP contribution < -0.4 is 5.32 Å². The van der Waals surface area contributed by atoms with E-state index in [-0.39, 0.29) is 5.56 Å². The van der Waals surface area contributed by atoms with Crippen molar-refractivity contribution in [1.82, 2.24) is 20.1 Å². The van der Waals surface area contributed by atoms with E-state index in [0.717, 1.165) is 56.3 Å². The van der Waals surface area contributed by atoms with Gasteiger partial charge >= 0.3 is 0 Å². The second kappa shape index (κ2) is 6.44. The van der Waals surface area contributed by atoms with Crippen LogP contribution in [0.15, 0.2) is 18.2 Å². The van der Waals surface area contributed by atoms with Crippen molar-refractivity contribution in [2.24, 2.45) is 0 Å². The lowest BCUT2D eigenvalue weighted by atomic mass is 10.1. The van der Waals surface area contributed by atoms with Crippen LogP contribution >= 0.6 is 0 Å². The molecular formula is C16H18F2N4O. The fourth-order valence-electron chi connectivity index (χ4n) is 2.84. The first-order valence-corrected chi connectivity index (χ1v) is 7.74. The summed E-state index contributed by atoms with van der Waals surface area (Å²) in [5, 5.41) is 11.0. The third kappa shape index (κ3) is 3.23. The summed E-state index contributed by atoms with van der Waals surface area (Å²) in [7, 11) is 0. The smallest absolute Gasteiger partial charge is 0.254 e. The van der Waals surface area contributed by atoms with E-state index in [0.29, 0.717) is 5.82 Å². The first-order valence-electron chi connectivity index (χ1n) is 7.74. The number of hydrogen-bond donors (Lipinski definition) is 1. The average Bonchev–Trinajstić information content (AvgIpc) is 2.78. The van der Waals surface area contributed by atoms with Crippen molar-refractivity contribution in [2.75, 3.05) is 0 Å². The lowest BCUT2D eigenvalue weighted by molar-refractivity contribution is 0.0933. The predicted octanol–water partition coefficient (Wildman–Crippen LogP) is 2.77. The number of halogens is 2. The van der Waals surface area contributed by atoms with E-state index in [1.54, 1.807) is 6.92 Å². The van der Waals surface area contributed by atoms with Gasteiger partial charge in [-0.2, -0.15) is 0 Å². The van der Waals surface area contributed by atoms with Gasteiger partial charge in [-0.25, -0.2) is 8.78 Å². The Kier molecular flexibility index (Phi) is 4.36. The summed E-state index contributed by atoms with van der Waals surface area (Å²) in [6.07, 6.45) is 4.12. The maximum atomic E-state index is 13.7. The van der Waals surface area contributed by atoms with Gasteiger partial charge in [0.15, 0.2) is 5.82 Å². The number of aromatic nitrogens is 3. The molecule has 122 valence electrons. The van der Waals surface area contributed by atoms with Crippen molar-refractivity contribution < 1.29 is 13.6 Å². The maximum Gasteiger partial charge on any atom is 0.254 e. The van der Waals surface area contributed by atoms with Crippen molar-refractivity contribution in [2.45, 2.75) is 45.2 Å². The zero-order chi connectivity index (χ0) is 16.4. The summed E-state index contributed by atoms with van der Waals surface area (Å²) >= 11 is 0. The minimum atomic E-state index is -0.754. The highest BCUT2D eigenvalue weighted by atomic mass is 19.1. The molecule has 0 spiro atoms. The molecule has 7 heteroatoms. The zero-order valence-corrected chi connectivity index (χ0v) is 12.9. The molecule has 1 amide bonds. The van der Waals surface area contributed by atoms with Gasteiger partial charge < -0.3 is 9.88 Å². The molecule has 0 bridgehead atoms. The summed E-state index contributed by atoms with van der Waals surface area (Å²) in [5.74, 6) is -0.514. The molecule has 1 unspecified atom stereocenters. The number of benzene rings is 1. The average molecular weight is 320 g/mol. The van der Waals surface area contributed by atoms with Crippen LogP contribution in [0.4, 0.5) is 8.78 Å². The SMILES string of the molecule is CC(NC(=O)c1cc(F)ccc1F)c1nnc2n1CCCCC2. The Bertz CT molecular complexity index is 729. The highest BCUT2D eigenvalue weighted by Crippen LogP contribution is 2.19. The molecular weight excluding hydrogens is 302 g/mol. The fraction of sp³-hybridized carbons (Fsp3) is 0.438. The van der Waals surface area contributed by atoms with Gasteiger partial charge in [0, 0.05) is 13.0 Å². The molecule has 1 aliphatic rings. The molecule has 1 atom stereocenters. The van der Waals surface area contributed by atoms with E-state index in [9.17, 15) is 13.6 Å². The Morgan fingerprint density at radius 1 is 1.26 bits per heavy atom. The molecule has 1 aromatic carbocycles. The zero-order valence-electron chi connectivity index (χ0n) is 12.9. The van der Waals surface area contributed by atoms with Gasteiger partial charge in [-0.05, 0) is 38.0 Å². The largest absolute Gasteiger partial charge is 0.342 e. The molecule has 1 aromatic heterocycles. The standard InChI is InChI=1S/C16H18F2N4O/c1-10(15-21-20-14-5-3-2-4-8-22(14)15)19-16(23)12-9-11(17)6-7-13(12)18/h6-7,9-10H,2-5,8H2,1H3,(H,19,23). The molecule has 5 nitrogen and oxygen atoms in total. The van der Waals surface area contributed by atoms with E-state index in [2.05, 4.69) is 15.5 Å². The third-order valence-corrected chi connectivity index (χ3v) is 4.05. The Hall–Kier alpha value is -2.31. The van der Waals surface area contributed by atoms with Gasteiger partial charge in [-0.3, -0.25) is 4.79 Å². The molecule has 0 saturated heterocycles. The fourth-order valence-corrected chi connectivity index (χ4v) is 2.84. The highest BCUT2D eigenvalue weighted by molar-refractivity contribution is 5.94. The van der Waals surface area contributed by atoms with Crippen LogP contribution in [0.25, 0.3) is 0 Å². The lowest BCUT2D eigenvalue weighted by Gasteiger charge is -2.15. The summed E-state index contributed by atoms with van der Waals surface area (Å²) in [4.78, 5) is 12.2. The number of aryl methyl sites for hydroxylation is 1. The summed E-state index contributed by atoms with van der Waals surface area (Å²) in [6.45, 7) is 2.57. The van der Waals surface area contributed by atoms with Crippen LogP contribution in [-0.2, 0) is 13.0 Å². The van der Waals surface area contributed by atoms with E-state index < -0.39 is 23.6 Å². The molecule has 0 fully saturated rings. The molecule has 1 N–H and O–H groups in total. The maximum absolute atomic E-state index is 13.7. The van der Waals surface area contributed by atoms with Crippen molar-refractivity contribution in [3.05, 3.63) is 47.0 Å². The van der Waals surface area contributed by atoms with E-state index >= 15 is 0 Å². The van der Waals surface area contributed by atoms with Gasteiger partial charge in [-0.15, -0.1) is 10.2 Å². The lowest BCUT2D eigenvalue weighted by Crippen LogP contribution is -2.29. The Morgan fingerprint density at radius 3 is 2.91 bits per heavy atom. The topological polar surface area (TPSA) is 59.8 Å². The van der Waals surface area contributed by atoms with Crippen LogP contribution in [0.2, 0.25) is 0 Å². The summed E-state index contributed by atoms with van der Waals surface area (Å²) in [6, 6.07) is 2.37. The molecule has 2 heterocycles. The number of nitrogens with zero attached hydrogens (tertiary/aromatic N) is 3. The van der Waals surface area contributed by atoms with Gasteiger partial charge in [-0.1, -0.05) is 6.42 Å². The van der Waals surface area contributed by atoms with E-state index in [1.165, 1.54) is 0 Å². The number of hydrogen-bond acceptors (Lipinski definition) is 3. The first-order chi connectivity index (χ1) is 11.1. The van der Waals surface area contributed by atoms with Crippen LogP contribution in [0.3, 0.4) is 0 Å². The van der Waals surface area contributed by atoms with Crippen LogP contribution in [0.5, 0.6) is 0 Å². The summed E-state index contributed by atoms with van der Waals surface area (Å²) in [5.41, 5.74) is -0.313. The molecule has 0 aliphatic carbocycles. The van der Waals surface area contributed by atoms with Crippen molar-refractivity contribution in [1.29, 1.82) is 0 Å². The summed E-state index contributed by atoms with van der Waals surface area (Å²) < 4.78 is 28.9. The number of rotatable bonds is 3. The van der Waals surface area contributed by atoms with Crippen LogP contribution in [0, 0.1) is 11.6 Å². The number of fused-ring (bicyclic) bond motifs is 1. The quantitative estimate of drug-likeness (QED) is 0.946. The Balaban J connectivity index is 1.79. The number of nitrogens with one attached hydrogen (secondary N) is 1. The van der Waals surface area contributed by atoms with E-state index in [4.69, 9.17) is 0 Å². The normalized spacial score (nSPS) is 15.6. The first kappa shape index (κ1) is 15.6. The molecule has 1 aliphatic heterocycles. The Morgan fingerprint density at radius 2 is 2.09 bits per heavy atom. The minimum Gasteiger partial charge on any atom is -0.342 e. The molecule has 0 radical (unpaired) electrons. The highest BCUT2D eigenvalue weighted by Gasteiger charge is 2.22. The van der Waals surface area contributed by atoms with Crippen molar-refractivity contribution in [3.63, 3.8) is 0 Å². The molecule has 23 heavy (non-hydrogen) atoms. The molecule has 3 rings (SSSR count). The predicted molar refractivity (Wildman–Crippen MR) is 79.8 cm³/mol.